The van der Waals surface area contributed by atoms with E-state index in [-0.39, 0.29) is 12.2 Å². The first kappa shape index (κ1) is 11.3. The van der Waals surface area contributed by atoms with E-state index in [1.54, 1.807) is 24.3 Å². The minimum absolute atomic E-state index is 0.00892. The monoisotopic (exact) mass is 229 g/mol. The standard InChI is InChI=1S/C14H9F2N/c15-13-3-1-2-10(9-13)11-4-5-14(16)12(8-11)6-7-17/h1-5,8-9H,6H2. The van der Waals surface area contributed by atoms with Crippen LogP contribution in [0.15, 0.2) is 42.5 Å². The van der Waals surface area contributed by atoms with Gasteiger partial charge >= 0.3 is 0 Å². The quantitative estimate of drug-likeness (QED) is 0.770. The number of nitriles is 1. The molecule has 0 saturated carbocycles. The fraction of sp³-hybridized carbons (Fsp3) is 0.0714. The molecule has 2 aromatic rings. The maximum absolute atomic E-state index is 13.3. The van der Waals surface area contributed by atoms with Crippen molar-refractivity contribution in [3.63, 3.8) is 0 Å². The number of nitrogens with zero attached hydrogens (tertiary/aromatic N) is 1. The highest BCUT2D eigenvalue weighted by Gasteiger charge is 2.05. The molecule has 0 atom stereocenters. The van der Waals surface area contributed by atoms with Crippen molar-refractivity contribution in [1.82, 2.24) is 0 Å². The fourth-order valence-electron chi connectivity index (χ4n) is 1.64. The van der Waals surface area contributed by atoms with Gasteiger partial charge in [-0.05, 0) is 35.4 Å². The van der Waals surface area contributed by atoms with Crippen molar-refractivity contribution >= 4 is 0 Å². The first-order valence-corrected chi connectivity index (χ1v) is 5.12. The first-order chi connectivity index (χ1) is 8.20. The minimum atomic E-state index is -0.410. The van der Waals surface area contributed by atoms with Gasteiger partial charge in [0.1, 0.15) is 11.6 Å². The Morgan fingerprint density at radius 2 is 1.76 bits per heavy atom. The van der Waals surface area contributed by atoms with Gasteiger partial charge in [-0.1, -0.05) is 18.2 Å². The molecular formula is C14H9F2N. The van der Waals surface area contributed by atoms with E-state index in [0.29, 0.717) is 16.7 Å². The third-order valence-corrected chi connectivity index (χ3v) is 2.47. The lowest BCUT2D eigenvalue weighted by Gasteiger charge is -2.04. The minimum Gasteiger partial charge on any atom is -0.207 e. The van der Waals surface area contributed by atoms with Crippen molar-refractivity contribution in [2.75, 3.05) is 0 Å². The van der Waals surface area contributed by atoms with Crippen molar-refractivity contribution in [3.05, 3.63) is 59.7 Å². The van der Waals surface area contributed by atoms with Crippen LogP contribution in [-0.2, 0) is 6.42 Å². The molecule has 0 aliphatic rings. The molecule has 17 heavy (non-hydrogen) atoms. The molecule has 2 rings (SSSR count). The molecule has 0 aromatic heterocycles. The predicted molar refractivity (Wildman–Crippen MR) is 61.1 cm³/mol. The summed E-state index contributed by atoms with van der Waals surface area (Å²) < 4.78 is 26.4. The highest BCUT2D eigenvalue weighted by molar-refractivity contribution is 5.64. The zero-order valence-electron chi connectivity index (χ0n) is 8.95. The van der Waals surface area contributed by atoms with E-state index < -0.39 is 5.82 Å². The fourth-order valence-corrected chi connectivity index (χ4v) is 1.64. The van der Waals surface area contributed by atoms with Crippen LogP contribution < -0.4 is 0 Å². The Morgan fingerprint density at radius 1 is 1.00 bits per heavy atom. The highest BCUT2D eigenvalue weighted by atomic mass is 19.1. The van der Waals surface area contributed by atoms with Gasteiger partial charge in [0.15, 0.2) is 0 Å². The number of benzene rings is 2. The van der Waals surface area contributed by atoms with Gasteiger partial charge in [-0.2, -0.15) is 5.26 Å². The van der Waals surface area contributed by atoms with E-state index in [4.69, 9.17) is 5.26 Å². The second-order valence-corrected chi connectivity index (χ2v) is 3.65. The van der Waals surface area contributed by atoms with Crippen molar-refractivity contribution in [3.8, 4) is 17.2 Å². The molecule has 0 radical (unpaired) electrons. The second kappa shape index (κ2) is 4.75. The topological polar surface area (TPSA) is 23.8 Å². The zero-order valence-corrected chi connectivity index (χ0v) is 8.95. The van der Waals surface area contributed by atoms with E-state index in [0.717, 1.165) is 0 Å². The summed E-state index contributed by atoms with van der Waals surface area (Å²) in [6, 6.07) is 12.4. The van der Waals surface area contributed by atoms with Gasteiger partial charge in [0, 0.05) is 5.56 Å². The van der Waals surface area contributed by atoms with Gasteiger partial charge in [-0.25, -0.2) is 8.78 Å². The molecule has 0 bridgehead atoms. The first-order valence-electron chi connectivity index (χ1n) is 5.12. The van der Waals surface area contributed by atoms with E-state index >= 15 is 0 Å². The number of halogens is 2. The molecule has 2 aromatic carbocycles. The Hall–Kier alpha value is -2.21. The van der Waals surface area contributed by atoms with Crippen LogP contribution >= 0.6 is 0 Å². The molecule has 0 aliphatic carbocycles. The largest absolute Gasteiger partial charge is 0.207 e. The lowest BCUT2D eigenvalue weighted by Crippen LogP contribution is -1.90. The molecule has 1 nitrogen and oxygen atoms in total. The van der Waals surface area contributed by atoms with Crippen LogP contribution in [0, 0.1) is 23.0 Å². The van der Waals surface area contributed by atoms with Crippen molar-refractivity contribution in [2.24, 2.45) is 0 Å². The van der Waals surface area contributed by atoms with Crippen LogP contribution in [-0.4, -0.2) is 0 Å². The normalized spacial score (nSPS) is 9.94. The Morgan fingerprint density at radius 3 is 2.47 bits per heavy atom. The SMILES string of the molecule is N#CCc1cc(-c2cccc(F)c2)ccc1F. The molecule has 0 N–H and O–H groups in total. The van der Waals surface area contributed by atoms with Gasteiger partial charge < -0.3 is 0 Å². The maximum atomic E-state index is 13.3. The molecule has 0 saturated heterocycles. The summed E-state index contributed by atoms with van der Waals surface area (Å²) in [4.78, 5) is 0. The van der Waals surface area contributed by atoms with E-state index in [2.05, 4.69) is 0 Å². The smallest absolute Gasteiger partial charge is 0.127 e. The van der Waals surface area contributed by atoms with Crippen molar-refractivity contribution in [1.29, 1.82) is 5.26 Å². The molecular weight excluding hydrogens is 220 g/mol. The van der Waals surface area contributed by atoms with Crippen molar-refractivity contribution < 1.29 is 8.78 Å². The molecule has 0 heterocycles. The Kier molecular flexibility index (Phi) is 3.15. The summed E-state index contributed by atoms with van der Waals surface area (Å²) >= 11 is 0. The van der Waals surface area contributed by atoms with E-state index in [9.17, 15) is 8.78 Å². The molecule has 0 spiro atoms. The lowest BCUT2D eigenvalue weighted by atomic mass is 10.0. The predicted octanol–water partition coefficient (Wildman–Crippen LogP) is 3.70. The average Bonchev–Trinajstić information content (AvgIpc) is 2.32. The van der Waals surface area contributed by atoms with Gasteiger partial charge in [-0.15, -0.1) is 0 Å². The summed E-state index contributed by atoms with van der Waals surface area (Å²) in [5.41, 5.74) is 1.70. The average molecular weight is 229 g/mol. The van der Waals surface area contributed by atoms with Crippen LogP contribution in [0.5, 0.6) is 0 Å². The number of hydrogen-bond donors (Lipinski definition) is 0. The van der Waals surface area contributed by atoms with E-state index in [1.165, 1.54) is 18.2 Å². The Bertz CT molecular complexity index is 585. The van der Waals surface area contributed by atoms with Crippen LogP contribution in [0.25, 0.3) is 11.1 Å². The Balaban J connectivity index is 2.47. The van der Waals surface area contributed by atoms with Gasteiger partial charge in [-0.3, -0.25) is 0 Å². The summed E-state index contributed by atoms with van der Waals surface area (Å²) in [7, 11) is 0. The summed E-state index contributed by atoms with van der Waals surface area (Å²) in [5, 5.41) is 8.57. The third-order valence-electron chi connectivity index (χ3n) is 2.47. The number of rotatable bonds is 2. The summed E-state index contributed by atoms with van der Waals surface area (Å²) in [6.07, 6.45) is 0.00892. The van der Waals surface area contributed by atoms with Crippen LogP contribution in [0.1, 0.15) is 5.56 Å². The van der Waals surface area contributed by atoms with Gasteiger partial charge in [0.05, 0.1) is 12.5 Å². The van der Waals surface area contributed by atoms with Crippen molar-refractivity contribution in [2.45, 2.75) is 6.42 Å². The highest BCUT2D eigenvalue weighted by Crippen LogP contribution is 2.23. The summed E-state index contributed by atoms with van der Waals surface area (Å²) in [6.45, 7) is 0. The third kappa shape index (κ3) is 2.48. The van der Waals surface area contributed by atoms with Crippen LogP contribution in [0.4, 0.5) is 8.78 Å². The molecule has 0 unspecified atom stereocenters. The second-order valence-electron chi connectivity index (χ2n) is 3.65. The van der Waals surface area contributed by atoms with Gasteiger partial charge in [0.2, 0.25) is 0 Å². The van der Waals surface area contributed by atoms with Gasteiger partial charge in [0.25, 0.3) is 0 Å². The molecule has 0 fully saturated rings. The zero-order chi connectivity index (χ0) is 12.3. The number of hydrogen-bond acceptors (Lipinski definition) is 1. The Labute approximate surface area is 97.9 Å². The summed E-state index contributed by atoms with van der Waals surface area (Å²) in [5.74, 6) is -0.750. The van der Waals surface area contributed by atoms with Crippen LogP contribution in [0.2, 0.25) is 0 Å². The lowest BCUT2D eigenvalue weighted by molar-refractivity contribution is 0.615. The van der Waals surface area contributed by atoms with Crippen LogP contribution in [0.3, 0.4) is 0 Å². The van der Waals surface area contributed by atoms with E-state index in [1.807, 2.05) is 6.07 Å². The molecule has 0 amide bonds. The molecule has 84 valence electrons. The maximum Gasteiger partial charge on any atom is 0.127 e. The molecule has 3 heteroatoms. The molecule has 0 aliphatic heterocycles.